The molecule has 23 heavy (non-hydrogen) atoms. The van der Waals surface area contributed by atoms with Crippen LogP contribution in [0.15, 0.2) is 30.3 Å². The first-order valence-corrected chi connectivity index (χ1v) is 10.3. The number of hydrogen-bond donors (Lipinski definition) is 1. The van der Waals surface area contributed by atoms with Crippen molar-refractivity contribution in [2.45, 2.75) is 58.3 Å². The fraction of sp³-hybridized carbons (Fsp3) is 0.667. The Morgan fingerprint density at radius 3 is 2.43 bits per heavy atom. The Morgan fingerprint density at radius 2 is 1.87 bits per heavy atom. The number of benzene rings is 1. The Labute approximate surface area is 140 Å². The van der Waals surface area contributed by atoms with E-state index in [9.17, 15) is 4.57 Å². The highest BCUT2D eigenvalue weighted by Gasteiger charge is 2.52. The van der Waals surface area contributed by atoms with Crippen LogP contribution in [-0.2, 0) is 20.2 Å². The van der Waals surface area contributed by atoms with Crippen molar-refractivity contribution >= 4 is 7.60 Å². The lowest BCUT2D eigenvalue weighted by Crippen LogP contribution is -2.48. The summed E-state index contributed by atoms with van der Waals surface area (Å²) in [6.07, 6.45) is 3.89. The summed E-state index contributed by atoms with van der Waals surface area (Å²) >= 11 is 0. The van der Waals surface area contributed by atoms with Crippen LogP contribution in [-0.4, -0.2) is 18.5 Å². The zero-order valence-corrected chi connectivity index (χ0v) is 15.5. The highest BCUT2D eigenvalue weighted by molar-refractivity contribution is 7.55. The van der Waals surface area contributed by atoms with Gasteiger partial charge < -0.3 is 9.05 Å². The monoisotopic (exact) mass is 339 g/mol. The first-order chi connectivity index (χ1) is 11.1. The van der Waals surface area contributed by atoms with E-state index in [4.69, 9.17) is 9.05 Å². The predicted octanol–water partition coefficient (Wildman–Crippen LogP) is 4.95. The Balaban J connectivity index is 2.25. The molecule has 0 amide bonds. The van der Waals surface area contributed by atoms with Crippen LogP contribution in [0, 0.1) is 5.92 Å². The van der Waals surface area contributed by atoms with Crippen LogP contribution in [0.25, 0.3) is 0 Å². The Hall–Kier alpha value is -0.670. The number of hydrogen-bond acceptors (Lipinski definition) is 4. The molecule has 0 aromatic heterocycles. The van der Waals surface area contributed by atoms with Crippen molar-refractivity contribution in [2.24, 2.45) is 5.92 Å². The molecule has 1 aromatic carbocycles. The largest absolute Gasteiger partial charge is 0.350 e. The van der Waals surface area contributed by atoms with Gasteiger partial charge in [0.05, 0.1) is 13.2 Å². The molecule has 0 radical (unpaired) electrons. The molecule has 1 saturated carbocycles. The second-order valence-corrected chi connectivity index (χ2v) is 8.77. The van der Waals surface area contributed by atoms with E-state index in [1.165, 1.54) is 12.0 Å². The number of rotatable bonds is 8. The summed E-state index contributed by atoms with van der Waals surface area (Å²) in [7, 11) is -3.21. The average Bonchev–Trinajstić information content (AvgIpc) is 2.54. The van der Waals surface area contributed by atoms with E-state index in [-0.39, 0.29) is 0 Å². The molecule has 0 heterocycles. The fourth-order valence-corrected chi connectivity index (χ4v) is 6.01. The topological polar surface area (TPSA) is 47.6 Å². The van der Waals surface area contributed by atoms with Gasteiger partial charge in [0.2, 0.25) is 0 Å². The third-order valence-corrected chi connectivity index (χ3v) is 7.37. The van der Waals surface area contributed by atoms with Gasteiger partial charge in [-0.25, -0.2) is 0 Å². The molecule has 1 N–H and O–H groups in total. The van der Waals surface area contributed by atoms with E-state index in [1.807, 2.05) is 32.0 Å². The lowest BCUT2D eigenvalue weighted by Gasteiger charge is -2.44. The number of nitrogens with one attached hydrogen (secondary N) is 1. The van der Waals surface area contributed by atoms with Crippen LogP contribution < -0.4 is 5.32 Å². The van der Waals surface area contributed by atoms with Crippen LogP contribution in [0.5, 0.6) is 0 Å². The molecule has 1 aliphatic rings. The van der Waals surface area contributed by atoms with Crippen molar-refractivity contribution in [1.82, 2.24) is 5.32 Å². The summed E-state index contributed by atoms with van der Waals surface area (Å²) < 4.78 is 25.0. The smallest absolute Gasteiger partial charge is 0.308 e. The second kappa shape index (κ2) is 8.43. The molecule has 0 aliphatic heterocycles. The quantitative estimate of drug-likeness (QED) is 0.681. The lowest BCUT2D eigenvalue weighted by molar-refractivity contribution is 0.152. The van der Waals surface area contributed by atoms with Crippen LogP contribution in [0.4, 0.5) is 0 Å². The molecule has 1 aromatic rings. The molecule has 0 saturated heterocycles. The summed E-state index contributed by atoms with van der Waals surface area (Å²) in [5.74, 6) is 0.515. The van der Waals surface area contributed by atoms with Crippen LogP contribution in [0.2, 0.25) is 0 Å². The summed E-state index contributed by atoms with van der Waals surface area (Å²) in [6, 6.07) is 10.2. The third kappa shape index (κ3) is 4.45. The molecule has 130 valence electrons. The van der Waals surface area contributed by atoms with Crippen molar-refractivity contribution in [3.63, 3.8) is 0 Å². The molecule has 0 bridgehead atoms. The Morgan fingerprint density at radius 1 is 1.22 bits per heavy atom. The average molecular weight is 339 g/mol. The molecule has 2 rings (SSSR count). The maximum Gasteiger partial charge on any atom is 0.350 e. The second-order valence-electron chi connectivity index (χ2n) is 6.41. The van der Waals surface area contributed by atoms with Crippen molar-refractivity contribution in [1.29, 1.82) is 0 Å². The first kappa shape index (κ1) is 18.7. The lowest BCUT2D eigenvalue weighted by atomic mass is 9.86. The molecular weight excluding hydrogens is 309 g/mol. The molecule has 2 atom stereocenters. The zero-order chi connectivity index (χ0) is 16.8. The van der Waals surface area contributed by atoms with E-state index in [0.717, 1.165) is 19.3 Å². The van der Waals surface area contributed by atoms with Crippen molar-refractivity contribution in [3.8, 4) is 0 Å². The van der Waals surface area contributed by atoms with Gasteiger partial charge in [-0.1, -0.05) is 50.1 Å². The fourth-order valence-electron chi connectivity index (χ4n) is 3.52. The normalized spacial score (nSPS) is 25.4. The van der Waals surface area contributed by atoms with E-state index >= 15 is 0 Å². The summed E-state index contributed by atoms with van der Waals surface area (Å²) in [5, 5.41) is 3.00. The van der Waals surface area contributed by atoms with E-state index in [1.54, 1.807) is 0 Å². The van der Waals surface area contributed by atoms with Gasteiger partial charge in [-0.05, 0) is 38.2 Å². The van der Waals surface area contributed by atoms with E-state index in [2.05, 4.69) is 24.4 Å². The van der Waals surface area contributed by atoms with Crippen molar-refractivity contribution in [2.75, 3.05) is 13.2 Å². The minimum atomic E-state index is -3.21. The Bertz CT molecular complexity index is 512. The molecule has 2 unspecified atom stereocenters. The molecule has 1 fully saturated rings. The molecular formula is C18H30NO3P. The van der Waals surface area contributed by atoms with Gasteiger partial charge in [-0.2, -0.15) is 0 Å². The predicted molar refractivity (Wildman–Crippen MR) is 94.5 cm³/mol. The molecule has 1 aliphatic carbocycles. The highest BCUT2D eigenvalue weighted by atomic mass is 31.2. The zero-order valence-electron chi connectivity index (χ0n) is 14.6. The van der Waals surface area contributed by atoms with E-state index < -0.39 is 12.9 Å². The molecule has 0 spiro atoms. The van der Waals surface area contributed by atoms with Gasteiger partial charge in [-0.15, -0.1) is 0 Å². The maximum absolute atomic E-state index is 13.6. The van der Waals surface area contributed by atoms with E-state index in [0.29, 0.717) is 25.7 Å². The summed E-state index contributed by atoms with van der Waals surface area (Å²) in [6.45, 7) is 7.46. The molecule has 4 nitrogen and oxygen atoms in total. The van der Waals surface area contributed by atoms with Gasteiger partial charge in [0, 0.05) is 6.54 Å². The maximum atomic E-state index is 13.6. The minimum absolute atomic E-state index is 0.403. The van der Waals surface area contributed by atoms with Gasteiger partial charge in [-0.3, -0.25) is 9.88 Å². The van der Waals surface area contributed by atoms with Crippen molar-refractivity contribution in [3.05, 3.63) is 35.9 Å². The highest BCUT2D eigenvalue weighted by Crippen LogP contribution is 2.64. The summed E-state index contributed by atoms with van der Waals surface area (Å²) in [4.78, 5) is 0. The minimum Gasteiger partial charge on any atom is -0.308 e. The first-order valence-electron chi connectivity index (χ1n) is 8.73. The molecule has 5 heteroatoms. The van der Waals surface area contributed by atoms with Crippen LogP contribution in [0.1, 0.15) is 52.0 Å². The van der Waals surface area contributed by atoms with Gasteiger partial charge in [0.1, 0.15) is 5.28 Å². The van der Waals surface area contributed by atoms with Crippen LogP contribution >= 0.6 is 7.60 Å². The Kier molecular flexibility index (Phi) is 6.84. The SMILES string of the molecule is CCOP(=O)(OCC)C1(NCc2ccccc2)CCCC(C)C1. The standard InChI is InChI=1S/C18H30NO3P/c1-4-21-23(20,22-5-2)18(13-9-10-16(3)14-18)19-15-17-11-7-6-8-12-17/h6-8,11-12,16,19H,4-5,9-10,13-15H2,1-3H3. The van der Waals surface area contributed by atoms with Gasteiger partial charge in [0.15, 0.2) is 0 Å². The van der Waals surface area contributed by atoms with Gasteiger partial charge >= 0.3 is 7.60 Å². The van der Waals surface area contributed by atoms with Crippen molar-refractivity contribution < 1.29 is 13.6 Å². The van der Waals surface area contributed by atoms with Crippen LogP contribution in [0.3, 0.4) is 0 Å². The summed E-state index contributed by atoms with van der Waals surface area (Å²) in [5.41, 5.74) is 1.18. The third-order valence-electron chi connectivity index (χ3n) is 4.56. The van der Waals surface area contributed by atoms with Gasteiger partial charge in [0.25, 0.3) is 0 Å².